The summed E-state index contributed by atoms with van der Waals surface area (Å²) in [5, 5.41) is 12.1. The minimum atomic E-state index is -4.25. The fourth-order valence-electron chi connectivity index (χ4n) is 2.56. The average Bonchev–Trinajstić information content (AvgIpc) is 2.42. The van der Waals surface area contributed by atoms with Crippen molar-refractivity contribution in [3.63, 3.8) is 0 Å². The van der Waals surface area contributed by atoms with Crippen LogP contribution in [0.1, 0.15) is 25.7 Å². The third-order valence-electron chi connectivity index (χ3n) is 3.72. The second-order valence-electron chi connectivity index (χ2n) is 5.26. The Bertz CT molecular complexity index is 533. The Hall–Kier alpha value is -1.43. The Morgan fingerprint density at radius 3 is 2.67 bits per heavy atom. The lowest BCUT2D eigenvalue weighted by atomic mass is 9.80. The summed E-state index contributed by atoms with van der Waals surface area (Å²) in [7, 11) is 0. The first-order valence-electron chi connectivity index (χ1n) is 6.63. The van der Waals surface area contributed by atoms with Gasteiger partial charge >= 0.3 is 6.18 Å². The van der Waals surface area contributed by atoms with Crippen molar-refractivity contribution in [2.75, 3.05) is 5.32 Å². The highest BCUT2D eigenvalue weighted by atomic mass is 35.5. The topological polar surface area (TPSA) is 49.3 Å². The molecule has 0 spiro atoms. The number of phenolic OH excluding ortho intramolecular Hbond substituents is 1. The molecule has 0 bridgehead atoms. The minimum Gasteiger partial charge on any atom is -0.506 e. The lowest BCUT2D eigenvalue weighted by Gasteiger charge is -2.29. The predicted molar refractivity (Wildman–Crippen MR) is 73.2 cm³/mol. The molecule has 2 unspecified atom stereocenters. The number of carbonyl (C=O) groups excluding carboxylic acids is 1. The average molecular weight is 322 g/mol. The van der Waals surface area contributed by atoms with E-state index in [1.165, 1.54) is 18.2 Å². The minimum absolute atomic E-state index is 0.0784. The summed E-state index contributed by atoms with van der Waals surface area (Å²) in [4.78, 5) is 12.0. The van der Waals surface area contributed by atoms with Crippen LogP contribution in [0.4, 0.5) is 18.9 Å². The third kappa shape index (κ3) is 4.03. The van der Waals surface area contributed by atoms with Crippen LogP contribution in [0, 0.1) is 11.8 Å². The number of nitrogens with one attached hydrogen (secondary N) is 1. The molecular formula is C14H15ClF3NO2. The lowest BCUT2D eigenvalue weighted by Crippen LogP contribution is -2.34. The van der Waals surface area contributed by atoms with Gasteiger partial charge in [0.1, 0.15) is 5.75 Å². The molecule has 1 amide bonds. The van der Waals surface area contributed by atoms with Gasteiger partial charge in [0.05, 0.1) is 10.9 Å². The number of phenols is 1. The van der Waals surface area contributed by atoms with Crippen molar-refractivity contribution in [1.82, 2.24) is 0 Å². The van der Waals surface area contributed by atoms with Crippen molar-refractivity contribution in [2.45, 2.75) is 31.9 Å². The highest BCUT2D eigenvalue weighted by Crippen LogP contribution is 2.40. The molecule has 0 heterocycles. The molecule has 21 heavy (non-hydrogen) atoms. The van der Waals surface area contributed by atoms with Gasteiger partial charge in [-0.1, -0.05) is 18.0 Å². The van der Waals surface area contributed by atoms with Crippen LogP contribution in [0.5, 0.6) is 5.75 Å². The normalized spacial score (nSPS) is 22.9. The van der Waals surface area contributed by atoms with Gasteiger partial charge in [-0.05, 0) is 31.4 Å². The smallest absolute Gasteiger partial charge is 0.391 e. The van der Waals surface area contributed by atoms with Gasteiger partial charge in [0.15, 0.2) is 0 Å². The maximum atomic E-state index is 12.7. The van der Waals surface area contributed by atoms with Crippen molar-refractivity contribution >= 4 is 23.2 Å². The molecule has 2 atom stereocenters. The number of halogens is 4. The number of hydrogen-bond donors (Lipinski definition) is 2. The zero-order chi connectivity index (χ0) is 15.6. The molecule has 1 aromatic carbocycles. The van der Waals surface area contributed by atoms with E-state index < -0.39 is 23.9 Å². The van der Waals surface area contributed by atoms with E-state index in [-0.39, 0.29) is 23.6 Å². The first kappa shape index (κ1) is 15.9. The van der Waals surface area contributed by atoms with E-state index in [1.807, 2.05) is 0 Å². The monoisotopic (exact) mass is 321 g/mol. The standard InChI is InChI=1S/C14H15ClF3NO2/c15-11-5-4-10(7-12(11)20)19-13(21)8-2-1-3-9(6-8)14(16,17)18/h4-5,7-9,20H,1-3,6H2,(H,19,21). The van der Waals surface area contributed by atoms with E-state index in [2.05, 4.69) is 5.32 Å². The van der Waals surface area contributed by atoms with Crippen molar-refractivity contribution in [3.8, 4) is 5.75 Å². The highest BCUT2D eigenvalue weighted by molar-refractivity contribution is 6.32. The molecule has 2 rings (SSSR count). The van der Waals surface area contributed by atoms with Gasteiger partial charge in [0.2, 0.25) is 5.91 Å². The van der Waals surface area contributed by atoms with Crippen LogP contribution in [-0.2, 0) is 4.79 Å². The maximum Gasteiger partial charge on any atom is 0.391 e. The van der Waals surface area contributed by atoms with Crippen molar-refractivity contribution in [1.29, 1.82) is 0 Å². The van der Waals surface area contributed by atoms with Gasteiger partial charge in [0, 0.05) is 17.7 Å². The molecule has 3 nitrogen and oxygen atoms in total. The first-order chi connectivity index (χ1) is 9.77. The second kappa shape index (κ2) is 6.13. The Kier molecular flexibility index (Phi) is 4.66. The lowest BCUT2D eigenvalue weighted by molar-refractivity contribution is -0.185. The molecule has 1 aliphatic rings. The van der Waals surface area contributed by atoms with Crippen molar-refractivity contribution < 1.29 is 23.1 Å². The zero-order valence-corrected chi connectivity index (χ0v) is 11.8. The first-order valence-corrected chi connectivity index (χ1v) is 7.01. The molecule has 1 aliphatic carbocycles. The van der Waals surface area contributed by atoms with Gasteiger partial charge < -0.3 is 10.4 Å². The van der Waals surface area contributed by atoms with Crippen LogP contribution in [0.3, 0.4) is 0 Å². The van der Waals surface area contributed by atoms with E-state index in [9.17, 15) is 23.1 Å². The molecule has 0 radical (unpaired) electrons. The van der Waals surface area contributed by atoms with Gasteiger partial charge in [-0.15, -0.1) is 0 Å². The number of alkyl halides is 3. The van der Waals surface area contributed by atoms with Crippen molar-refractivity contribution in [3.05, 3.63) is 23.2 Å². The van der Waals surface area contributed by atoms with Crippen LogP contribution in [0.25, 0.3) is 0 Å². The van der Waals surface area contributed by atoms with Crippen LogP contribution >= 0.6 is 11.6 Å². The van der Waals surface area contributed by atoms with Gasteiger partial charge in [-0.3, -0.25) is 4.79 Å². The quantitative estimate of drug-likeness (QED) is 0.850. The summed E-state index contributed by atoms with van der Waals surface area (Å²) in [5.41, 5.74) is 0.316. The van der Waals surface area contributed by atoms with Crippen LogP contribution in [0.15, 0.2) is 18.2 Å². The molecule has 116 valence electrons. The predicted octanol–water partition coefficient (Wildman–Crippen LogP) is 4.35. The number of anilines is 1. The fraction of sp³-hybridized carbons (Fsp3) is 0.500. The Labute approximate surface area is 125 Å². The summed E-state index contributed by atoms with van der Waals surface area (Å²) >= 11 is 5.65. The van der Waals surface area contributed by atoms with Gasteiger partial charge in [-0.25, -0.2) is 0 Å². The van der Waals surface area contributed by atoms with E-state index in [0.29, 0.717) is 18.5 Å². The molecule has 1 saturated carbocycles. The fourth-order valence-corrected chi connectivity index (χ4v) is 2.68. The van der Waals surface area contributed by atoms with Crippen LogP contribution < -0.4 is 5.32 Å². The molecule has 1 aromatic rings. The molecule has 0 aliphatic heterocycles. The molecule has 7 heteroatoms. The molecular weight excluding hydrogens is 307 g/mol. The molecule has 0 aromatic heterocycles. The summed E-state index contributed by atoms with van der Waals surface area (Å²) < 4.78 is 38.2. The molecule has 0 saturated heterocycles. The van der Waals surface area contributed by atoms with E-state index >= 15 is 0 Å². The van der Waals surface area contributed by atoms with Gasteiger partial charge in [0.25, 0.3) is 0 Å². The summed E-state index contributed by atoms with van der Waals surface area (Å²) in [6.45, 7) is 0. The number of hydrogen-bond acceptors (Lipinski definition) is 2. The number of rotatable bonds is 2. The summed E-state index contributed by atoms with van der Waals surface area (Å²) in [6, 6.07) is 4.17. The van der Waals surface area contributed by atoms with Crippen LogP contribution in [-0.4, -0.2) is 17.2 Å². The molecule has 2 N–H and O–H groups in total. The largest absolute Gasteiger partial charge is 0.506 e. The van der Waals surface area contributed by atoms with Crippen molar-refractivity contribution in [2.24, 2.45) is 11.8 Å². The SMILES string of the molecule is O=C(Nc1ccc(Cl)c(O)c1)C1CCCC(C(F)(F)F)C1. The second-order valence-corrected chi connectivity index (χ2v) is 5.66. The van der Waals surface area contributed by atoms with Crippen LogP contribution in [0.2, 0.25) is 5.02 Å². The number of benzene rings is 1. The Morgan fingerprint density at radius 2 is 2.05 bits per heavy atom. The van der Waals surface area contributed by atoms with E-state index in [4.69, 9.17) is 11.6 Å². The third-order valence-corrected chi connectivity index (χ3v) is 4.04. The number of aromatic hydroxyl groups is 1. The van der Waals surface area contributed by atoms with E-state index in [1.54, 1.807) is 0 Å². The summed E-state index contributed by atoms with van der Waals surface area (Å²) in [6.07, 6.45) is -3.53. The highest BCUT2D eigenvalue weighted by Gasteiger charge is 2.43. The maximum absolute atomic E-state index is 12.7. The Morgan fingerprint density at radius 1 is 1.33 bits per heavy atom. The van der Waals surface area contributed by atoms with Gasteiger partial charge in [-0.2, -0.15) is 13.2 Å². The Balaban J connectivity index is 2.01. The zero-order valence-electron chi connectivity index (χ0n) is 11.1. The molecule has 1 fully saturated rings. The number of amides is 1. The summed E-state index contributed by atoms with van der Waals surface area (Å²) in [5.74, 6) is -2.72. The van der Waals surface area contributed by atoms with E-state index in [0.717, 1.165) is 0 Å². The number of carbonyl (C=O) groups is 1.